The maximum Gasteiger partial charge on any atom is 0.226 e. The van der Waals surface area contributed by atoms with Crippen LogP contribution >= 0.6 is 11.6 Å². The van der Waals surface area contributed by atoms with E-state index in [2.05, 4.69) is 5.32 Å². The first-order valence-corrected chi connectivity index (χ1v) is 7.30. The van der Waals surface area contributed by atoms with Crippen LogP contribution in [-0.2, 0) is 9.53 Å². The molecule has 1 aromatic carbocycles. The van der Waals surface area contributed by atoms with E-state index in [1.165, 1.54) is 0 Å². The molecule has 0 aliphatic carbocycles. The average molecular weight is 297 g/mol. The van der Waals surface area contributed by atoms with Gasteiger partial charge < -0.3 is 15.0 Å². The van der Waals surface area contributed by atoms with Gasteiger partial charge in [0.25, 0.3) is 0 Å². The van der Waals surface area contributed by atoms with Crippen LogP contribution in [0.5, 0.6) is 0 Å². The van der Waals surface area contributed by atoms with Crippen molar-refractivity contribution < 1.29 is 9.53 Å². The van der Waals surface area contributed by atoms with Crippen molar-refractivity contribution in [3.63, 3.8) is 0 Å². The van der Waals surface area contributed by atoms with E-state index in [1.807, 2.05) is 43.1 Å². The summed E-state index contributed by atoms with van der Waals surface area (Å²) in [6.07, 6.45) is -0.136. The van der Waals surface area contributed by atoms with Gasteiger partial charge in [0.2, 0.25) is 5.91 Å². The van der Waals surface area contributed by atoms with Crippen LogP contribution in [0.15, 0.2) is 24.3 Å². The number of nitrogens with zero attached hydrogens (tertiary/aromatic N) is 1. The molecule has 0 aromatic heterocycles. The van der Waals surface area contributed by atoms with E-state index in [4.69, 9.17) is 16.3 Å². The lowest BCUT2D eigenvalue weighted by Gasteiger charge is -2.35. The van der Waals surface area contributed by atoms with E-state index < -0.39 is 0 Å². The van der Waals surface area contributed by atoms with Gasteiger partial charge in [-0.3, -0.25) is 4.79 Å². The van der Waals surface area contributed by atoms with Crippen LogP contribution in [0.4, 0.5) is 0 Å². The third kappa shape index (κ3) is 3.51. The summed E-state index contributed by atoms with van der Waals surface area (Å²) in [5.41, 5.74) is 0.952. The first-order chi connectivity index (χ1) is 9.63. The number of hydrogen-bond donors (Lipinski definition) is 1. The minimum Gasteiger partial charge on any atom is -0.370 e. The SMILES string of the molecule is CNCC(C)C(=O)N1CCOC(c2ccccc2Cl)C1. The zero-order valence-electron chi connectivity index (χ0n) is 11.9. The molecule has 2 unspecified atom stereocenters. The minimum atomic E-state index is -0.136. The van der Waals surface area contributed by atoms with Gasteiger partial charge in [0.1, 0.15) is 6.10 Å². The number of hydrogen-bond acceptors (Lipinski definition) is 3. The maximum atomic E-state index is 12.3. The summed E-state index contributed by atoms with van der Waals surface area (Å²) in [7, 11) is 1.86. The summed E-state index contributed by atoms with van der Waals surface area (Å²) < 4.78 is 5.77. The van der Waals surface area contributed by atoms with E-state index in [1.54, 1.807) is 0 Å². The fraction of sp³-hybridized carbons (Fsp3) is 0.533. The van der Waals surface area contributed by atoms with Crippen molar-refractivity contribution in [2.45, 2.75) is 13.0 Å². The molecule has 1 aliphatic heterocycles. The fourth-order valence-corrected chi connectivity index (χ4v) is 2.74. The van der Waals surface area contributed by atoms with Crippen LogP contribution in [0.25, 0.3) is 0 Å². The van der Waals surface area contributed by atoms with Crippen LogP contribution in [0, 0.1) is 5.92 Å². The Balaban J connectivity index is 2.05. The highest BCUT2D eigenvalue weighted by Crippen LogP contribution is 2.28. The number of nitrogens with one attached hydrogen (secondary N) is 1. The zero-order valence-corrected chi connectivity index (χ0v) is 12.7. The molecule has 0 saturated carbocycles. The number of halogens is 1. The predicted molar refractivity (Wildman–Crippen MR) is 79.8 cm³/mol. The van der Waals surface area contributed by atoms with Gasteiger partial charge in [0.05, 0.1) is 13.2 Å². The van der Waals surface area contributed by atoms with Gasteiger partial charge in [-0.25, -0.2) is 0 Å². The Morgan fingerprint density at radius 3 is 3.00 bits per heavy atom. The Morgan fingerprint density at radius 1 is 1.55 bits per heavy atom. The number of carbonyl (C=O) groups excluding carboxylic acids is 1. The van der Waals surface area contributed by atoms with E-state index in [-0.39, 0.29) is 17.9 Å². The molecule has 4 nitrogen and oxygen atoms in total. The monoisotopic (exact) mass is 296 g/mol. The maximum absolute atomic E-state index is 12.3. The molecule has 1 amide bonds. The summed E-state index contributed by atoms with van der Waals surface area (Å²) in [6, 6.07) is 7.64. The second kappa shape index (κ2) is 7.07. The molecule has 2 rings (SSSR count). The Bertz CT molecular complexity index is 467. The van der Waals surface area contributed by atoms with Gasteiger partial charge in [-0.1, -0.05) is 36.7 Å². The van der Waals surface area contributed by atoms with E-state index >= 15 is 0 Å². The molecule has 1 aromatic rings. The molecule has 0 bridgehead atoms. The average Bonchev–Trinajstić information content (AvgIpc) is 2.47. The highest BCUT2D eigenvalue weighted by atomic mass is 35.5. The van der Waals surface area contributed by atoms with Crippen LogP contribution < -0.4 is 5.32 Å². The van der Waals surface area contributed by atoms with Crippen LogP contribution in [0.2, 0.25) is 5.02 Å². The van der Waals surface area contributed by atoms with Gasteiger partial charge in [-0.15, -0.1) is 0 Å². The molecular formula is C15H21ClN2O2. The molecule has 1 heterocycles. The van der Waals surface area contributed by atoms with Gasteiger partial charge in [0, 0.05) is 29.6 Å². The quantitative estimate of drug-likeness (QED) is 0.925. The van der Waals surface area contributed by atoms with E-state index in [0.717, 1.165) is 5.56 Å². The smallest absolute Gasteiger partial charge is 0.226 e. The number of morpholine rings is 1. The highest BCUT2D eigenvalue weighted by Gasteiger charge is 2.28. The summed E-state index contributed by atoms with van der Waals surface area (Å²) in [5.74, 6) is 0.143. The second-order valence-corrected chi connectivity index (χ2v) is 5.53. The van der Waals surface area contributed by atoms with E-state index in [9.17, 15) is 4.79 Å². The normalized spacial score (nSPS) is 20.8. The number of ether oxygens (including phenoxy) is 1. The molecule has 0 spiro atoms. The third-order valence-electron chi connectivity index (χ3n) is 3.56. The highest BCUT2D eigenvalue weighted by molar-refractivity contribution is 6.31. The summed E-state index contributed by atoms with van der Waals surface area (Å²) >= 11 is 6.20. The third-order valence-corrected chi connectivity index (χ3v) is 3.91. The van der Waals surface area contributed by atoms with Crippen molar-refractivity contribution in [2.24, 2.45) is 5.92 Å². The Hall–Kier alpha value is -1.10. The van der Waals surface area contributed by atoms with Gasteiger partial charge in [-0.2, -0.15) is 0 Å². The predicted octanol–water partition coefficient (Wildman–Crippen LogP) is 2.10. The van der Waals surface area contributed by atoms with Crippen LogP contribution in [0.1, 0.15) is 18.6 Å². The van der Waals surface area contributed by atoms with Crippen molar-refractivity contribution in [3.8, 4) is 0 Å². The van der Waals surface area contributed by atoms with Crippen molar-refractivity contribution >= 4 is 17.5 Å². The Labute approximate surface area is 125 Å². The first-order valence-electron chi connectivity index (χ1n) is 6.93. The molecule has 0 radical (unpaired) electrons. The molecule has 110 valence electrons. The first kappa shape index (κ1) is 15.3. The molecule has 2 atom stereocenters. The lowest BCUT2D eigenvalue weighted by molar-refractivity contribution is -0.142. The summed E-state index contributed by atoms with van der Waals surface area (Å²) in [6.45, 7) is 4.39. The van der Waals surface area contributed by atoms with Crippen molar-refractivity contribution in [1.82, 2.24) is 10.2 Å². The van der Waals surface area contributed by atoms with Crippen LogP contribution in [0.3, 0.4) is 0 Å². The van der Waals surface area contributed by atoms with Gasteiger partial charge in [0.15, 0.2) is 0 Å². The number of rotatable bonds is 4. The van der Waals surface area contributed by atoms with Crippen LogP contribution in [-0.4, -0.2) is 44.1 Å². The standard InChI is InChI=1S/C15H21ClN2O2/c1-11(9-17-2)15(19)18-7-8-20-14(10-18)12-5-3-4-6-13(12)16/h3-6,11,14,17H,7-10H2,1-2H3. The molecule has 5 heteroatoms. The fourth-order valence-electron chi connectivity index (χ4n) is 2.48. The summed E-state index contributed by atoms with van der Waals surface area (Å²) in [5, 5.41) is 3.73. The largest absolute Gasteiger partial charge is 0.370 e. The topological polar surface area (TPSA) is 41.6 Å². The van der Waals surface area contributed by atoms with Crippen molar-refractivity contribution in [1.29, 1.82) is 0 Å². The second-order valence-electron chi connectivity index (χ2n) is 5.12. The number of benzene rings is 1. The van der Waals surface area contributed by atoms with E-state index in [0.29, 0.717) is 31.3 Å². The van der Waals surface area contributed by atoms with Gasteiger partial charge in [-0.05, 0) is 13.1 Å². The molecule has 1 saturated heterocycles. The molecule has 20 heavy (non-hydrogen) atoms. The lowest BCUT2D eigenvalue weighted by Crippen LogP contribution is -2.46. The zero-order chi connectivity index (χ0) is 14.5. The van der Waals surface area contributed by atoms with Gasteiger partial charge >= 0.3 is 0 Å². The minimum absolute atomic E-state index is 0.0232. The van der Waals surface area contributed by atoms with Crippen molar-refractivity contribution in [2.75, 3.05) is 33.3 Å². The molecule has 1 fully saturated rings. The molecule has 1 aliphatic rings. The number of carbonyl (C=O) groups is 1. The Kier molecular flexibility index (Phi) is 5.40. The lowest BCUT2D eigenvalue weighted by atomic mass is 10.1. The number of amides is 1. The van der Waals surface area contributed by atoms with Crippen molar-refractivity contribution in [3.05, 3.63) is 34.9 Å². The molecular weight excluding hydrogens is 276 g/mol. The summed E-state index contributed by atoms with van der Waals surface area (Å²) in [4.78, 5) is 14.2. The Morgan fingerprint density at radius 2 is 2.30 bits per heavy atom. The molecule has 1 N–H and O–H groups in total.